The molecule has 1 aliphatic rings. The van der Waals surface area contributed by atoms with E-state index < -0.39 is 17.8 Å². The van der Waals surface area contributed by atoms with Crippen LogP contribution in [-0.4, -0.2) is 53.1 Å². The Morgan fingerprint density at radius 3 is 2.58 bits per heavy atom. The van der Waals surface area contributed by atoms with Crippen LogP contribution in [0.2, 0.25) is 5.02 Å². The number of aliphatic hydroxyl groups excluding tert-OH is 1. The molecule has 1 amide bonds. The summed E-state index contributed by atoms with van der Waals surface area (Å²) < 4.78 is 11.3. The van der Waals surface area contributed by atoms with Crippen LogP contribution in [0.15, 0.2) is 24.3 Å². The molecule has 0 aliphatic carbocycles. The number of ether oxygens (including phenoxy) is 2. The molecule has 2 rings (SSSR count). The molecule has 0 radical (unpaired) electrons. The fraction of sp³-hybridized carbons (Fsp3) is 0.611. The highest BCUT2D eigenvalue weighted by Gasteiger charge is 2.36. The molecule has 1 aliphatic heterocycles. The first kappa shape index (κ1) is 19.0. The molecule has 3 atom stereocenters. The van der Waals surface area contributed by atoms with E-state index in [1.54, 1.807) is 11.8 Å². The zero-order valence-electron chi connectivity index (χ0n) is 14.7. The van der Waals surface area contributed by atoms with Crippen molar-refractivity contribution in [2.75, 3.05) is 13.2 Å². The van der Waals surface area contributed by atoms with E-state index in [4.69, 9.17) is 21.1 Å². The van der Waals surface area contributed by atoms with Crippen LogP contribution in [0.5, 0.6) is 0 Å². The number of halogens is 1. The Morgan fingerprint density at radius 1 is 1.42 bits per heavy atom. The van der Waals surface area contributed by atoms with Crippen LogP contribution < -0.4 is 0 Å². The van der Waals surface area contributed by atoms with Crippen molar-refractivity contribution in [1.29, 1.82) is 0 Å². The minimum Gasteiger partial charge on any atom is -0.444 e. The number of benzene rings is 1. The molecular weight excluding hydrogens is 330 g/mol. The fourth-order valence-corrected chi connectivity index (χ4v) is 2.74. The maximum Gasteiger partial charge on any atom is 0.410 e. The first-order chi connectivity index (χ1) is 11.2. The van der Waals surface area contributed by atoms with Crippen molar-refractivity contribution in [3.05, 3.63) is 34.9 Å². The summed E-state index contributed by atoms with van der Waals surface area (Å²) in [5, 5.41) is 10.5. The van der Waals surface area contributed by atoms with Crippen molar-refractivity contribution in [3.8, 4) is 0 Å². The number of hydrogen-bond acceptors (Lipinski definition) is 4. The van der Waals surface area contributed by atoms with E-state index in [1.807, 2.05) is 45.0 Å². The first-order valence-corrected chi connectivity index (χ1v) is 8.57. The molecule has 1 heterocycles. The number of rotatable bonds is 3. The topological polar surface area (TPSA) is 59.0 Å². The Morgan fingerprint density at radius 2 is 2.04 bits per heavy atom. The molecule has 134 valence electrons. The van der Waals surface area contributed by atoms with Crippen LogP contribution in [0, 0.1) is 0 Å². The average Bonchev–Trinajstić information content (AvgIpc) is 2.48. The zero-order valence-corrected chi connectivity index (χ0v) is 15.4. The standard InChI is InChI=1S/C18H26ClNO4/c1-12(21)16-10-20(17(22)24-18(2,3)4)15(11-23-16)9-13-5-7-14(19)8-6-13/h5-8,12,15-16,21H,9-11H2,1-4H3. The zero-order chi connectivity index (χ0) is 17.9. The molecule has 5 nitrogen and oxygen atoms in total. The Hall–Kier alpha value is -1.30. The first-order valence-electron chi connectivity index (χ1n) is 8.19. The Kier molecular flexibility index (Phi) is 6.12. The molecular formula is C18H26ClNO4. The van der Waals surface area contributed by atoms with Crippen molar-refractivity contribution < 1.29 is 19.4 Å². The van der Waals surface area contributed by atoms with E-state index in [0.717, 1.165) is 5.56 Å². The Labute approximate surface area is 148 Å². The van der Waals surface area contributed by atoms with Crippen molar-refractivity contribution in [1.82, 2.24) is 4.90 Å². The maximum absolute atomic E-state index is 12.6. The summed E-state index contributed by atoms with van der Waals surface area (Å²) in [6.07, 6.45) is -0.788. The normalized spacial score (nSPS) is 23.0. The lowest BCUT2D eigenvalue weighted by Gasteiger charge is -2.41. The van der Waals surface area contributed by atoms with E-state index in [9.17, 15) is 9.90 Å². The third-order valence-corrected chi connectivity index (χ3v) is 4.12. The largest absolute Gasteiger partial charge is 0.444 e. The maximum atomic E-state index is 12.6. The van der Waals surface area contributed by atoms with Crippen molar-refractivity contribution in [2.45, 2.75) is 58.0 Å². The van der Waals surface area contributed by atoms with Gasteiger partial charge < -0.3 is 14.6 Å². The molecule has 0 bridgehead atoms. The van der Waals surface area contributed by atoms with Crippen LogP contribution >= 0.6 is 11.6 Å². The number of aliphatic hydroxyl groups is 1. The van der Waals surface area contributed by atoms with Crippen LogP contribution in [0.3, 0.4) is 0 Å². The van der Waals surface area contributed by atoms with Gasteiger partial charge in [-0.15, -0.1) is 0 Å². The van der Waals surface area contributed by atoms with Gasteiger partial charge in [-0.2, -0.15) is 0 Å². The third kappa shape index (κ3) is 5.36. The lowest BCUT2D eigenvalue weighted by molar-refractivity contribution is -0.106. The van der Waals surface area contributed by atoms with E-state index in [1.165, 1.54) is 0 Å². The van der Waals surface area contributed by atoms with Gasteiger partial charge in [0.05, 0.1) is 25.3 Å². The highest BCUT2D eigenvalue weighted by atomic mass is 35.5. The molecule has 1 fully saturated rings. The SMILES string of the molecule is CC(O)C1CN(C(=O)OC(C)(C)C)C(Cc2ccc(Cl)cc2)CO1. The summed E-state index contributed by atoms with van der Waals surface area (Å²) in [6.45, 7) is 7.85. The third-order valence-electron chi connectivity index (χ3n) is 3.87. The lowest BCUT2D eigenvalue weighted by atomic mass is 10.0. The lowest BCUT2D eigenvalue weighted by Crippen LogP contribution is -2.56. The summed E-state index contributed by atoms with van der Waals surface area (Å²) in [6, 6.07) is 7.40. The van der Waals surface area contributed by atoms with Gasteiger partial charge in [0.1, 0.15) is 11.7 Å². The van der Waals surface area contributed by atoms with Gasteiger partial charge in [0.2, 0.25) is 0 Å². The number of carbonyl (C=O) groups excluding carboxylic acids is 1. The second kappa shape index (κ2) is 7.72. The minimum atomic E-state index is -0.647. The highest BCUT2D eigenvalue weighted by molar-refractivity contribution is 6.30. The van der Waals surface area contributed by atoms with Gasteiger partial charge in [0, 0.05) is 5.02 Å². The predicted molar refractivity (Wildman–Crippen MR) is 93.3 cm³/mol. The molecule has 0 aromatic heterocycles. The molecule has 3 unspecified atom stereocenters. The van der Waals surface area contributed by atoms with Gasteiger partial charge in [-0.05, 0) is 51.8 Å². The van der Waals surface area contributed by atoms with Crippen molar-refractivity contribution in [3.63, 3.8) is 0 Å². The molecule has 6 heteroatoms. The van der Waals surface area contributed by atoms with Gasteiger partial charge in [-0.25, -0.2) is 4.79 Å². The quantitative estimate of drug-likeness (QED) is 0.904. The average molecular weight is 356 g/mol. The van der Waals surface area contributed by atoms with Crippen molar-refractivity contribution >= 4 is 17.7 Å². The molecule has 1 saturated heterocycles. The summed E-state index contributed by atoms with van der Waals surface area (Å²) in [4.78, 5) is 14.2. The van der Waals surface area contributed by atoms with Gasteiger partial charge in [-0.1, -0.05) is 23.7 Å². The predicted octanol–water partition coefficient (Wildman–Crippen LogP) is 3.27. The molecule has 24 heavy (non-hydrogen) atoms. The van der Waals surface area contributed by atoms with E-state index in [0.29, 0.717) is 24.6 Å². The number of carbonyl (C=O) groups is 1. The molecule has 0 saturated carbocycles. The number of amides is 1. The summed E-state index contributed by atoms with van der Waals surface area (Å²) in [5.41, 5.74) is 0.498. The summed E-state index contributed by atoms with van der Waals surface area (Å²) in [5.74, 6) is 0. The second-order valence-corrected chi connectivity index (χ2v) is 7.67. The Bertz CT molecular complexity index is 553. The fourth-order valence-electron chi connectivity index (χ4n) is 2.62. The highest BCUT2D eigenvalue weighted by Crippen LogP contribution is 2.22. The monoisotopic (exact) mass is 355 g/mol. The van der Waals surface area contributed by atoms with Crippen LogP contribution in [-0.2, 0) is 15.9 Å². The van der Waals surface area contributed by atoms with E-state index >= 15 is 0 Å². The molecule has 0 spiro atoms. The van der Waals surface area contributed by atoms with Crippen molar-refractivity contribution in [2.24, 2.45) is 0 Å². The smallest absolute Gasteiger partial charge is 0.410 e. The molecule has 1 N–H and O–H groups in total. The number of nitrogens with zero attached hydrogens (tertiary/aromatic N) is 1. The summed E-state index contributed by atoms with van der Waals surface area (Å²) >= 11 is 5.92. The van der Waals surface area contributed by atoms with Crippen LogP contribution in [0.1, 0.15) is 33.3 Å². The number of morpholine rings is 1. The van der Waals surface area contributed by atoms with Gasteiger partial charge in [0.25, 0.3) is 0 Å². The second-order valence-electron chi connectivity index (χ2n) is 7.23. The minimum absolute atomic E-state index is 0.143. The molecule has 1 aromatic rings. The van der Waals surface area contributed by atoms with Crippen LogP contribution in [0.25, 0.3) is 0 Å². The van der Waals surface area contributed by atoms with Crippen LogP contribution in [0.4, 0.5) is 4.79 Å². The Balaban J connectivity index is 2.13. The summed E-state index contributed by atoms with van der Waals surface area (Å²) in [7, 11) is 0. The van der Waals surface area contributed by atoms with Gasteiger partial charge >= 0.3 is 6.09 Å². The number of hydrogen-bond donors (Lipinski definition) is 1. The van der Waals surface area contributed by atoms with Gasteiger partial charge in [-0.3, -0.25) is 4.90 Å². The van der Waals surface area contributed by atoms with Gasteiger partial charge in [0.15, 0.2) is 0 Å². The molecule has 1 aromatic carbocycles. The van der Waals surface area contributed by atoms with E-state index in [-0.39, 0.29) is 12.1 Å². The van der Waals surface area contributed by atoms with E-state index in [2.05, 4.69) is 0 Å².